The van der Waals surface area contributed by atoms with Gasteiger partial charge in [0.2, 0.25) is 0 Å². The van der Waals surface area contributed by atoms with Crippen molar-refractivity contribution in [1.29, 1.82) is 0 Å². The van der Waals surface area contributed by atoms with Crippen LogP contribution in [0.1, 0.15) is 138 Å². The zero-order chi connectivity index (χ0) is 42.6. The van der Waals surface area contributed by atoms with Crippen molar-refractivity contribution < 1.29 is 23.5 Å². The predicted molar refractivity (Wildman–Crippen MR) is 242 cm³/mol. The van der Waals surface area contributed by atoms with Gasteiger partial charge in [-0.3, -0.25) is 14.5 Å². The van der Waals surface area contributed by atoms with Gasteiger partial charge in [-0.05, 0) is 152 Å². The number of halogens is 1. The molecule has 1 aromatic rings. The smallest absolute Gasteiger partial charge is 0.324 e. The molecule has 1 heterocycles. The zero-order valence-corrected chi connectivity index (χ0v) is 39.0. The summed E-state index contributed by atoms with van der Waals surface area (Å²) >= 11 is 1.88. The molecule has 7 aliphatic rings. The van der Waals surface area contributed by atoms with Crippen molar-refractivity contribution >= 4 is 23.7 Å². The molecule has 0 aromatic heterocycles. The molecule has 11 unspecified atom stereocenters. The maximum absolute atomic E-state index is 14.8. The van der Waals surface area contributed by atoms with Gasteiger partial charge in [0.25, 0.3) is 0 Å². The normalized spacial score (nSPS) is 41.1. The maximum Gasteiger partial charge on any atom is 0.324 e. The number of fused-ring (bicyclic) bond motifs is 7. The SMILES string of the molecule is CCOC(=O)C1CSCCN1CCNC12CCC(CC)C1C1CCC3C4(C)CC=C(C5=CCC(CF)(C(=O)OCc6ccccc6)CC5)C(C)(C)C4CCC3(C)C1(C)CC2. The number of nitrogens with one attached hydrogen (secondary N) is 1. The summed E-state index contributed by atoms with van der Waals surface area (Å²) in [4.78, 5) is 28.7. The van der Waals surface area contributed by atoms with Gasteiger partial charge in [-0.2, -0.15) is 11.8 Å². The Kier molecular flexibility index (Phi) is 12.7. The highest BCUT2D eigenvalue weighted by molar-refractivity contribution is 7.99. The number of allylic oxidation sites excluding steroid dienone is 4. The van der Waals surface area contributed by atoms with Crippen molar-refractivity contribution in [3.05, 3.63) is 59.2 Å². The molecule has 5 fully saturated rings. The zero-order valence-electron chi connectivity index (χ0n) is 38.2. The first-order valence-corrected chi connectivity index (χ1v) is 25.3. The number of thioether (sulfide) groups is 1. The molecule has 60 heavy (non-hydrogen) atoms. The molecule has 4 saturated carbocycles. The van der Waals surface area contributed by atoms with Crippen LogP contribution in [0.2, 0.25) is 0 Å². The van der Waals surface area contributed by atoms with Gasteiger partial charge in [-0.15, -0.1) is 0 Å². The van der Waals surface area contributed by atoms with E-state index in [4.69, 9.17) is 9.47 Å². The number of benzene rings is 1. The number of ether oxygens (including phenoxy) is 2. The number of esters is 2. The van der Waals surface area contributed by atoms with Gasteiger partial charge >= 0.3 is 11.9 Å². The molecule has 0 radical (unpaired) electrons. The van der Waals surface area contributed by atoms with Gasteiger partial charge in [0, 0.05) is 36.7 Å². The van der Waals surface area contributed by atoms with E-state index in [1.165, 1.54) is 68.9 Å². The van der Waals surface area contributed by atoms with E-state index in [9.17, 15) is 14.0 Å². The fraction of sp³-hybridized carbons (Fsp3) is 0.769. The first-order valence-electron chi connectivity index (χ1n) is 24.1. The number of rotatable bonds is 12. The molecule has 0 amide bonds. The van der Waals surface area contributed by atoms with Gasteiger partial charge in [0.15, 0.2) is 0 Å². The number of hydrogen-bond acceptors (Lipinski definition) is 7. The Morgan fingerprint density at radius 2 is 1.68 bits per heavy atom. The van der Waals surface area contributed by atoms with E-state index in [1.807, 2.05) is 49.0 Å². The highest BCUT2D eigenvalue weighted by Gasteiger charge is 2.70. The monoisotopic (exact) mass is 845 g/mol. The van der Waals surface area contributed by atoms with Crippen LogP contribution in [0, 0.1) is 56.7 Å². The molecule has 8 rings (SSSR count). The van der Waals surface area contributed by atoms with Crippen LogP contribution in [0.15, 0.2) is 53.6 Å². The van der Waals surface area contributed by atoms with E-state index < -0.39 is 18.1 Å². The quantitative estimate of drug-likeness (QED) is 0.210. The lowest BCUT2D eigenvalue weighted by Gasteiger charge is -2.72. The first kappa shape index (κ1) is 44.4. The Bertz CT molecular complexity index is 1800. The number of hydrogen-bond donors (Lipinski definition) is 1. The lowest BCUT2D eigenvalue weighted by Crippen LogP contribution is -2.68. The van der Waals surface area contributed by atoms with Crippen LogP contribution in [0.4, 0.5) is 4.39 Å². The second kappa shape index (κ2) is 17.1. The fourth-order valence-electron chi connectivity index (χ4n) is 15.8. The Morgan fingerprint density at radius 1 is 0.883 bits per heavy atom. The van der Waals surface area contributed by atoms with E-state index in [0.29, 0.717) is 48.0 Å². The van der Waals surface area contributed by atoms with E-state index in [0.717, 1.165) is 61.4 Å². The molecular formula is C52H77FN2O4S. The predicted octanol–water partition coefficient (Wildman–Crippen LogP) is 11.1. The Labute approximate surface area is 366 Å². The second-order valence-electron chi connectivity index (χ2n) is 21.8. The van der Waals surface area contributed by atoms with Crippen LogP contribution < -0.4 is 5.32 Å². The molecule has 6 nitrogen and oxygen atoms in total. The minimum Gasteiger partial charge on any atom is -0.465 e. The van der Waals surface area contributed by atoms with Crippen molar-refractivity contribution in [3.8, 4) is 0 Å². The molecule has 8 heteroatoms. The number of alkyl halides is 1. The van der Waals surface area contributed by atoms with Crippen molar-refractivity contribution in [2.45, 2.75) is 150 Å². The molecule has 0 bridgehead atoms. The van der Waals surface area contributed by atoms with Crippen LogP contribution in [0.5, 0.6) is 0 Å². The topological polar surface area (TPSA) is 67.9 Å². The highest BCUT2D eigenvalue weighted by atomic mass is 32.2. The standard InChI is InChI=1S/C52H77FN2O4S/c1-8-37-19-26-52(54-29-30-55-31-32-60-34-41(55)45(56)58-9-2)28-27-49(6)40(44(37)52)15-16-43-48(5)22-20-39(47(3,4)42(48)21-23-50(43,49)7)38-17-24-51(35-53,25-18-38)46(57)59-33-36-13-11-10-12-14-36/h10-14,17,20,37,40-44,54H,8-9,15-16,18-19,21-35H2,1-7H3. The Morgan fingerprint density at radius 3 is 2.40 bits per heavy atom. The summed E-state index contributed by atoms with van der Waals surface area (Å²) in [6, 6.07) is 9.58. The van der Waals surface area contributed by atoms with Crippen LogP contribution in [-0.4, -0.2) is 72.8 Å². The largest absolute Gasteiger partial charge is 0.465 e. The molecule has 6 aliphatic carbocycles. The second-order valence-corrected chi connectivity index (χ2v) is 23.0. The summed E-state index contributed by atoms with van der Waals surface area (Å²) < 4.78 is 26.0. The maximum atomic E-state index is 14.8. The Balaban J connectivity index is 0.980. The Hall–Kier alpha value is -2.16. The van der Waals surface area contributed by atoms with Gasteiger partial charge in [-0.1, -0.05) is 90.4 Å². The van der Waals surface area contributed by atoms with Gasteiger partial charge in [0.1, 0.15) is 19.3 Å². The van der Waals surface area contributed by atoms with Gasteiger partial charge < -0.3 is 14.8 Å². The van der Waals surface area contributed by atoms with Crippen LogP contribution in [0.3, 0.4) is 0 Å². The van der Waals surface area contributed by atoms with E-state index in [1.54, 1.807) is 0 Å². The van der Waals surface area contributed by atoms with Crippen LogP contribution in [0.25, 0.3) is 0 Å². The lowest BCUT2D eigenvalue weighted by atomic mass is 9.33. The average Bonchev–Trinajstić information content (AvgIpc) is 3.62. The summed E-state index contributed by atoms with van der Waals surface area (Å²) in [6.07, 6.45) is 19.2. The molecule has 1 aromatic carbocycles. The van der Waals surface area contributed by atoms with Crippen LogP contribution >= 0.6 is 11.8 Å². The molecule has 11 atom stereocenters. The minimum atomic E-state index is -1.09. The molecule has 1 aliphatic heterocycles. The van der Waals surface area contributed by atoms with Crippen molar-refractivity contribution in [2.75, 3.05) is 44.4 Å². The fourth-order valence-corrected chi connectivity index (χ4v) is 16.9. The number of nitrogens with zero attached hydrogens (tertiary/aromatic N) is 1. The molecule has 0 spiro atoms. The van der Waals surface area contributed by atoms with Crippen molar-refractivity contribution in [3.63, 3.8) is 0 Å². The summed E-state index contributed by atoms with van der Waals surface area (Å²) in [5.74, 6) is 4.96. The summed E-state index contributed by atoms with van der Waals surface area (Å²) in [6.45, 7) is 20.3. The molecular weight excluding hydrogens is 768 g/mol. The third-order valence-electron chi connectivity index (χ3n) is 19.2. The summed E-state index contributed by atoms with van der Waals surface area (Å²) in [5, 5.41) is 4.30. The number of carbonyl (C=O) groups excluding carboxylic acids is 2. The third kappa shape index (κ3) is 7.28. The lowest BCUT2D eigenvalue weighted by molar-refractivity contribution is -0.222. The van der Waals surface area contributed by atoms with Crippen molar-refractivity contribution in [1.82, 2.24) is 10.2 Å². The minimum absolute atomic E-state index is 0.00514. The summed E-state index contributed by atoms with van der Waals surface area (Å²) in [5.41, 5.74) is 3.67. The van der Waals surface area contributed by atoms with E-state index in [-0.39, 0.29) is 35.0 Å². The summed E-state index contributed by atoms with van der Waals surface area (Å²) in [7, 11) is 0. The highest BCUT2D eigenvalue weighted by Crippen LogP contribution is 2.76. The molecule has 332 valence electrons. The molecule has 1 saturated heterocycles. The van der Waals surface area contributed by atoms with Gasteiger partial charge in [-0.25, -0.2) is 4.39 Å². The molecule has 1 N–H and O–H groups in total. The average molecular weight is 845 g/mol. The van der Waals surface area contributed by atoms with Crippen LogP contribution in [-0.2, 0) is 25.7 Å². The first-order chi connectivity index (χ1) is 28.7. The van der Waals surface area contributed by atoms with Crippen molar-refractivity contribution in [2.24, 2.45) is 56.7 Å². The third-order valence-corrected chi connectivity index (χ3v) is 20.2. The van der Waals surface area contributed by atoms with Gasteiger partial charge in [0.05, 0.1) is 12.0 Å². The van der Waals surface area contributed by atoms with E-state index in [2.05, 4.69) is 63.9 Å². The van der Waals surface area contributed by atoms with E-state index >= 15 is 0 Å². The number of carbonyl (C=O) groups is 2.